The topological polar surface area (TPSA) is 27.1 Å². The Morgan fingerprint density at radius 3 is 2.32 bits per heavy atom. The van der Waals surface area contributed by atoms with Crippen molar-refractivity contribution in [2.75, 3.05) is 0 Å². The van der Waals surface area contributed by atoms with E-state index in [9.17, 15) is 0 Å². The van der Waals surface area contributed by atoms with Gasteiger partial charge in [0.1, 0.15) is 11.9 Å². The van der Waals surface area contributed by atoms with Crippen LogP contribution in [-0.2, 0) is 6.54 Å². The molecule has 0 saturated carbocycles. The predicted molar refractivity (Wildman–Crippen MR) is 103 cm³/mol. The van der Waals surface area contributed by atoms with Crippen LogP contribution >= 0.6 is 46.4 Å². The van der Waals surface area contributed by atoms with Gasteiger partial charge < -0.3 is 9.30 Å². The molecule has 130 valence electrons. The first-order valence-electron chi connectivity index (χ1n) is 7.55. The van der Waals surface area contributed by atoms with Crippen molar-refractivity contribution in [1.29, 1.82) is 0 Å². The van der Waals surface area contributed by atoms with E-state index in [1.54, 1.807) is 42.9 Å². The Bertz CT molecular complexity index is 852. The van der Waals surface area contributed by atoms with Crippen LogP contribution in [0.3, 0.4) is 0 Å². The van der Waals surface area contributed by atoms with Gasteiger partial charge >= 0.3 is 0 Å². The lowest BCUT2D eigenvalue weighted by atomic mass is 10.1. The van der Waals surface area contributed by atoms with Gasteiger partial charge in [-0.15, -0.1) is 0 Å². The van der Waals surface area contributed by atoms with Gasteiger partial charge in [0.25, 0.3) is 0 Å². The molecule has 3 nitrogen and oxygen atoms in total. The number of hydrogen-bond donors (Lipinski definition) is 0. The number of halogens is 4. The Kier molecular flexibility index (Phi) is 6.13. The molecule has 3 aromatic rings. The Hall–Kier alpha value is -1.39. The number of aromatic nitrogens is 2. The SMILES string of the molecule is Clc1ccc(O[C@H](CCn2ccnc2)c2ccc(Cl)cc2Cl)c(Cl)c1. The summed E-state index contributed by atoms with van der Waals surface area (Å²) in [6, 6.07) is 10.5. The number of benzene rings is 2. The summed E-state index contributed by atoms with van der Waals surface area (Å²) in [6.07, 6.45) is 5.77. The molecule has 0 bridgehead atoms. The van der Waals surface area contributed by atoms with Crippen LogP contribution in [0, 0.1) is 0 Å². The molecule has 0 fully saturated rings. The van der Waals surface area contributed by atoms with Gasteiger partial charge in [0, 0.05) is 46.0 Å². The monoisotopic (exact) mass is 414 g/mol. The summed E-state index contributed by atoms with van der Waals surface area (Å²) >= 11 is 24.6. The minimum absolute atomic E-state index is 0.300. The average Bonchev–Trinajstić information content (AvgIpc) is 3.07. The quantitative estimate of drug-likeness (QED) is 0.447. The highest BCUT2D eigenvalue weighted by Crippen LogP contribution is 2.35. The van der Waals surface area contributed by atoms with Crippen LogP contribution in [0.2, 0.25) is 20.1 Å². The van der Waals surface area contributed by atoms with Crippen LogP contribution in [0.25, 0.3) is 0 Å². The third-order valence-electron chi connectivity index (χ3n) is 3.68. The zero-order chi connectivity index (χ0) is 17.8. The number of hydrogen-bond acceptors (Lipinski definition) is 2. The van der Waals surface area contributed by atoms with Crippen molar-refractivity contribution in [3.05, 3.63) is 80.8 Å². The standard InChI is InChI=1S/C18H14Cl4N2O/c19-12-1-3-14(15(21)9-12)17(5-7-24-8-6-23-11-24)25-18-4-2-13(20)10-16(18)22/h1-4,6,8-11,17H,5,7H2/t17-/m1/s1. The van der Waals surface area contributed by atoms with E-state index in [1.165, 1.54) is 0 Å². The minimum atomic E-state index is -0.300. The summed E-state index contributed by atoms with van der Waals surface area (Å²) in [5, 5.41) is 2.13. The van der Waals surface area contributed by atoms with Gasteiger partial charge in [0.2, 0.25) is 0 Å². The van der Waals surface area contributed by atoms with Crippen LogP contribution in [0.5, 0.6) is 5.75 Å². The molecular weight excluding hydrogens is 402 g/mol. The maximum atomic E-state index is 6.38. The van der Waals surface area contributed by atoms with Crippen molar-refractivity contribution >= 4 is 46.4 Å². The Morgan fingerprint density at radius 1 is 0.960 bits per heavy atom. The van der Waals surface area contributed by atoms with Crippen molar-refractivity contribution in [1.82, 2.24) is 9.55 Å². The zero-order valence-corrected chi connectivity index (χ0v) is 16.0. The Labute approximate surface area is 166 Å². The fourth-order valence-corrected chi connectivity index (χ4v) is 3.43. The molecule has 2 aromatic carbocycles. The predicted octanol–water partition coefficient (Wildman–Crippen LogP) is 6.71. The number of rotatable bonds is 6. The summed E-state index contributed by atoms with van der Waals surface area (Å²) in [5.41, 5.74) is 0.845. The minimum Gasteiger partial charge on any atom is -0.484 e. The zero-order valence-electron chi connectivity index (χ0n) is 13.0. The highest BCUT2D eigenvalue weighted by molar-refractivity contribution is 6.36. The van der Waals surface area contributed by atoms with Crippen LogP contribution in [0.4, 0.5) is 0 Å². The smallest absolute Gasteiger partial charge is 0.138 e. The van der Waals surface area contributed by atoms with Gasteiger partial charge in [-0.05, 0) is 30.3 Å². The van der Waals surface area contributed by atoms with E-state index >= 15 is 0 Å². The number of imidazole rings is 1. The Morgan fingerprint density at radius 2 is 1.68 bits per heavy atom. The van der Waals surface area contributed by atoms with Crippen LogP contribution in [0.15, 0.2) is 55.1 Å². The van der Waals surface area contributed by atoms with Crippen molar-refractivity contribution in [3.8, 4) is 5.75 Å². The van der Waals surface area contributed by atoms with Crippen LogP contribution < -0.4 is 4.74 Å². The van der Waals surface area contributed by atoms with E-state index in [4.69, 9.17) is 51.1 Å². The molecule has 0 spiro atoms. The fourth-order valence-electron chi connectivity index (χ4n) is 2.45. The summed E-state index contributed by atoms with van der Waals surface area (Å²) in [7, 11) is 0. The molecule has 0 aliphatic carbocycles. The summed E-state index contributed by atoms with van der Waals surface area (Å²) in [5.74, 6) is 0.549. The first-order chi connectivity index (χ1) is 12.0. The van der Waals surface area contributed by atoms with Gasteiger partial charge in [-0.2, -0.15) is 0 Å². The molecule has 3 rings (SSSR count). The van der Waals surface area contributed by atoms with Crippen LogP contribution in [-0.4, -0.2) is 9.55 Å². The summed E-state index contributed by atoms with van der Waals surface area (Å²) < 4.78 is 8.13. The fraction of sp³-hybridized carbons (Fsp3) is 0.167. The molecule has 0 N–H and O–H groups in total. The van der Waals surface area contributed by atoms with E-state index in [2.05, 4.69) is 4.98 Å². The van der Waals surface area contributed by atoms with Crippen molar-refractivity contribution in [2.24, 2.45) is 0 Å². The second-order valence-corrected chi connectivity index (χ2v) is 7.12. The maximum Gasteiger partial charge on any atom is 0.138 e. The molecule has 25 heavy (non-hydrogen) atoms. The lowest BCUT2D eigenvalue weighted by molar-refractivity contribution is 0.188. The van der Waals surface area contributed by atoms with Gasteiger partial charge in [0.05, 0.1) is 11.3 Å². The number of aryl methyl sites for hydroxylation is 1. The molecular formula is C18H14Cl4N2O. The first kappa shape index (κ1) is 18.4. The molecule has 0 radical (unpaired) electrons. The van der Waals surface area contributed by atoms with Gasteiger partial charge in [-0.3, -0.25) is 0 Å². The van der Waals surface area contributed by atoms with Crippen molar-refractivity contribution in [3.63, 3.8) is 0 Å². The van der Waals surface area contributed by atoms with E-state index in [0.717, 1.165) is 12.1 Å². The van der Waals surface area contributed by atoms with E-state index in [1.807, 2.05) is 16.8 Å². The largest absolute Gasteiger partial charge is 0.484 e. The molecule has 1 heterocycles. The van der Waals surface area contributed by atoms with Crippen molar-refractivity contribution < 1.29 is 4.74 Å². The first-order valence-corrected chi connectivity index (χ1v) is 9.06. The highest BCUT2D eigenvalue weighted by Gasteiger charge is 2.19. The molecule has 0 unspecified atom stereocenters. The molecule has 7 heteroatoms. The normalized spacial score (nSPS) is 12.2. The number of ether oxygens (including phenoxy) is 1. The molecule has 0 aliphatic rings. The molecule has 0 amide bonds. The maximum absolute atomic E-state index is 6.38. The second-order valence-electron chi connectivity index (χ2n) is 5.44. The highest BCUT2D eigenvalue weighted by atomic mass is 35.5. The second kappa shape index (κ2) is 8.33. The van der Waals surface area contributed by atoms with E-state index in [0.29, 0.717) is 32.3 Å². The Balaban J connectivity index is 1.87. The van der Waals surface area contributed by atoms with Gasteiger partial charge in [0.15, 0.2) is 0 Å². The van der Waals surface area contributed by atoms with Crippen LogP contribution in [0.1, 0.15) is 18.1 Å². The summed E-state index contributed by atoms with van der Waals surface area (Å²) in [6.45, 7) is 0.717. The van der Waals surface area contributed by atoms with E-state index < -0.39 is 0 Å². The van der Waals surface area contributed by atoms with Gasteiger partial charge in [-0.25, -0.2) is 4.98 Å². The average molecular weight is 416 g/mol. The molecule has 1 aromatic heterocycles. The number of nitrogens with zero attached hydrogens (tertiary/aromatic N) is 2. The summed E-state index contributed by atoms with van der Waals surface area (Å²) in [4.78, 5) is 4.05. The lowest BCUT2D eigenvalue weighted by Gasteiger charge is -2.22. The van der Waals surface area contributed by atoms with Crippen molar-refractivity contribution in [2.45, 2.75) is 19.1 Å². The third kappa shape index (κ3) is 4.83. The third-order valence-corrected chi connectivity index (χ3v) is 4.77. The molecule has 1 atom stereocenters. The lowest BCUT2D eigenvalue weighted by Crippen LogP contribution is -2.12. The molecule has 0 saturated heterocycles. The van der Waals surface area contributed by atoms with Gasteiger partial charge in [-0.1, -0.05) is 52.5 Å². The molecule has 0 aliphatic heterocycles. The van der Waals surface area contributed by atoms with E-state index in [-0.39, 0.29) is 6.10 Å².